The molecule has 1 atom stereocenters. The number of nitrogens with zero attached hydrogens (tertiary/aromatic N) is 2. The number of rotatable bonds is 7. The first-order chi connectivity index (χ1) is 12.3. The molecule has 0 aromatic heterocycles. The van der Waals surface area contributed by atoms with Crippen LogP contribution in [0.4, 0.5) is 0 Å². The molecule has 2 N–H and O–H groups in total. The third-order valence-corrected chi connectivity index (χ3v) is 5.08. The Hall–Kier alpha value is -1.97. The molecule has 0 radical (unpaired) electrons. The summed E-state index contributed by atoms with van der Waals surface area (Å²) in [7, 11) is -1.86. The van der Waals surface area contributed by atoms with E-state index in [-0.39, 0.29) is 24.9 Å². The van der Waals surface area contributed by atoms with E-state index in [9.17, 15) is 18.0 Å². The third-order valence-electron chi connectivity index (χ3n) is 4.41. The van der Waals surface area contributed by atoms with Gasteiger partial charge in [-0.15, -0.1) is 0 Å². The number of hydrogen-bond acceptors (Lipinski definition) is 5. The van der Waals surface area contributed by atoms with E-state index in [1.165, 1.54) is 10.5 Å². The third kappa shape index (κ3) is 6.08. The van der Waals surface area contributed by atoms with Crippen molar-refractivity contribution in [1.82, 2.24) is 19.8 Å². The molecule has 0 aliphatic carbocycles. The SMILES string of the molecule is CNC(=O)[C@H]1CN(C(=O)CNS(C)(=O)=O)CCN1CCc1ccccc1. The molecule has 0 unspecified atom stereocenters. The Morgan fingerprint density at radius 3 is 2.50 bits per heavy atom. The lowest BCUT2D eigenvalue weighted by atomic mass is 10.1. The van der Waals surface area contributed by atoms with E-state index in [1.54, 1.807) is 7.05 Å². The zero-order valence-electron chi connectivity index (χ0n) is 15.1. The first-order valence-electron chi connectivity index (χ1n) is 8.52. The van der Waals surface area contributed by atoms with Crippen molar-refractivity contribution in [1.29, 1.82) is 0 Å². The van der Waals surface area contributed by atoms with E-state index in [0.717, 1.165) is 12.7 Å². The highest BCUT2D eigenvalue weighted by molar-refractivity contribution is 7.88. The minimum absolute atomic E-state index is 0.147. The van der Waals surface area contributed by atoms with Crippen molar-refractivity contribution in [2.75, 3.05) is 46.0 Å². The summed E-state index contributed by atoms with van der Waals surface area (Å²) in [6.07, 6.45) is 1.83. The van der Waals surface area contributed by atoms with Crippen LogP contribution in [0.1, 0.15) is 5.56 Å². The lowest BCUT2D eigenvalue weighted by Gasteiger charge is -2.40. The molecule has 1 aromatic rings. The van der Waals surface area contributed by atoms with E-state index in [4.69, 9.17) is 0 Å². The molecule has 0 spiro atoms. The predicted molar refractivity (Wildman–Crippen MR) is 99.0 cm³/mol. The van der Waals surface area contributed by atoms with Gasteiger partial charge in [-0.1, -0.05) is 30.3 Å². The molecule has 2 amide bonds. The summed E-state index contributed by atoms with van der Waals surface area (Å²) < 4.78 is 24.5. The van der Waals surface area contributed by atoms with Crippen molar-refractivity contribution in [2.24, 2.45) is 0 Å². The van der Waals surface area contributed by atoms with E-state index >= 15 is 0 Å². The van der Waals surface area contributed by atoms with Crippen LogP contribution in [0.25, 0.3) is 0 Å². The van der Waals surface area contributed by atoms with Crippen LogP contribution in [-0.2, 0) is 26.0 Å². The molecule has 0 saturated carbocycles. The van der Waals surface area contributed by atoms with Crippen LogP contribution in [0, 0.1) is 0 Å². The summed E-state index contributed by atoms with van der Waals surface area (Å²) in [6, 6.07) is 9.58. The topological polar surface area (TPSA) is 98.8 Å². The lowest BCUT2D eigenvalue weighted by molar-refractivity contribution is -0.137. The van der Waals surface area contributed by atoms with Gasteiger partial charge in [0.05, 0.1) is 12.8 Å². The average molecular weight is 382 g/mol. The summed E-state index contributed by atoms with van der Waals surface area (Å²) in [5.74, 6) is -0.473. The van der Waals surface area contributed by atoms with Crippen molar-refractivity contribution >= 4 is 21.8 Å². The monoisotopic (exact) mass is 382 g/mol. The Balaban J connectivity index is 1.97. The normalized spacial score (nSPS) is 18.5. The summed E-state index contributed by atoms with van der Waals surface area (Å²) in [6.45, 7) is 1.70. The summed E-state index contributed by atoms with van der Waals surface area (Å²) >= 11 is 0. The largest absolute Gasteiger partial charge is 0.358 e. The fraction of sp³-hybridized carbons (Fsp3) is 0.529. The number of carbonyl (C=O) groups excluding carboxylic acids is 2. The maximum absolute atomic E-state index is 12.3. The zero-order chi connectivity index (χ0) is 19.2. The number of hydrogen-bond donors (Lipinski definition) is 2. The first-order valence-corrected chi connectivity index (χ1v) is 10.4. The Morgan fingerprint density at radius 1 is 1.19 bits per heavy atom. The number of nitrogens with one attached hydrogen (secondary N) is 2. The van der Waals surface area contributed by atoms with Gasteiger partial charge in [0.2, 0.25) is 21.8 Å². The summed E-state index contributed by atoms with van der Waals surface area (Å²) in [5, 5.41) is 2.65. The molecule has 144 valence electrons. The second-order valence-corrected chi connectivity index (χ2v) is 8.17. The van der Waals surface area contributed by atoms with E-state index in [1.807, 2.05) is 30.3 Å². The average Bonchev–Trinajstić information content (AvgIpc) is 2.64. The van der Waals surface area contributed by atoms with Gasteiger partial charge in [0.15, 0.2) is 0 Å². The molecule has 1 aliphatic heterocycles. The quantitative estimate of drug-likeness (QED) is 0.633. The molecule has 9 heteroatoms. The van der Waals surface area contributed by atoms with Crippen LogP contribution in [0.5, 0.6) is 0 Å². The van der Waals surface area contributed by atoms with Crippen molar-refractivity contribution in [3.05, 3.63) is 35.9 Å². The van der Waals surface area contributed by atoms with Gasteiger partial charge in [0.1, 0.15) is 6.04 Å². The molecular formula is C17H26N4O4S. The number of piperazine rings is 1. The van der Waals surface area contributed by atoms with Gasteiger partial charge in [-0.3, -0.25) is 14.5 Å². The number of likely N-dealkylation sites (N-methyl/N-ethyl adjacent to an activating group) is 1. The van der Waals surface area contributed by atoms with Gasteiger partial charge >= 0.3 is 0 Å². The Kier molecular flexibility index (Phi) is 7.13. The highest BCUT2D eigenvalue weighted by atomic mass is 32.2. The van der Waals surface area contributed by atoms with E-state index in [2.05, 4.69) is 14.9 Å². The fourth-order valence-corrected chi connectivity index (χ4v) is 3.34. The van der Waals surface area contributed by atoms with Crippen LogP contribution in [0.3, 0.4) is 0 Å². The molecule has 1 saturated heterocycles. The highest BCUT2D eigenvalue weighted by Gasteiger charge is 2.33. The van der Waals surface area contributed by atoms with Crippen molar-refractivity contribution < 1.29 is 18.0 Å². The van der Waals surface area contributed by atoms with Crippen LogP contribution in [-0.4, -0.2) is 82.1 Å². The van der Waals surface area contributed by atoms with E-state index in [0.29, 0.717) is 19.6 Å². The molecular weight excluding hydrogens is 356 g/mol. The van der Waals surface area contributed by atoms with Crippen molar-refractivity contribution in [3.8, 4) is 0 Å². The smallest absolute Gasteiger partial charge is 0.238 e. The van der Waals surface area contributed by atoms with E-state index < -0.39 is 16.1 Å². The predicted octanol–water partition coefficient (Wildman–Crippen LogP) is -0.963. The molecule has 8 nitrogen and oxygen atoms in total. The summed E-state index contributed by atoms with van der Waals surface area (Å²) in [5.41, 5.74) is 1.19. The number of sulfonamides is 1. The molecule has 1 aromatic carbocycles. The molecule has 26 heavy (non-hydrogen) atoms. The molecule has 1 heterocycles. The Morgan fingerprint density at radius 2 is 1.88 bits per heavy atom. The van der Waals surface area contributed by atoms with Crippen LogP contribution in [0.15, 0.2) is 30.3 Å². The maximum Gasteiger partial charge on any atom is 0.238 e. The number of benzene rings is 1. The fourth-order valence-electron chi connectivity index (χ4n) is 2.95. The van der Waals surface area contributed by atoms with Crippen molar-refractivity contribution in [3.63, 3.8) is 0 Å². The molecule has 2 rings (SSSR count). The minimum Gasteiger partial charge on any atom is -0.358 e. The van der Waals surface area contributed by atoms with Gasteiger partial charge in [0.25, 0.3) is 0 Å². The zero-order valence-corrected chi connectivity index (χ0v) is 16.0. The second kappa shape index (κ2) is 9.11. The minimum atomic E-state index is -3.43. The molecule has 1 fully saturated rings. The summed E-state index contributed by atoms with van der Waals surface area (Å²) in [4.78, 5) is 28.1. The standard InChI is InChI=1S/C17H26N4O4S/c1-18-17(23)15-13-21(16(22)12-19-26(2,24)25)11-10-20(15)9-8-14-6-4-3-5-7-14/h3-7,15,19H,8-13H2,1-2H3,(H,18,23)/t15-/m1/s1. The van der Waals surface area contributed by atoms with Gasteiger partial charge < -0.3 is 10.2 Å². The second-order valence-electron chi connectivity index (χ2n) is 6.33. The lowest BCUT2D eigenvalue weighted by Crippen LogP contribution is -2.60. The van der Waals surface area contributed by atoms with Crippen LogP contribution in [0.2, 0.25) is 0 Å². The number of amides is 2. The Labute approximate surface area is 154 Å². The van der Waals surface area contributed by atoms with Crippen LogP contribution >= 0.6 is 0 Å². The van der Waals surface area contributed by atoms with Gasteiger partial charge in [-0.2, -0.15) is 0 Å². The molecule has 1 aliphatic rings. The molecule has 0 bridgehead atoms. The van der Waals surface area contributed by atoms with Crippen LogP contribution < -0.4 is 10.0 Å². The van der Waals surface area contributed by atoms with Gasteiger partial charge in [-0.25, -0.2) is 13.1 Å². The van der Waals surface area contributed by atoms with Gasteiger partial charge in [0, 0.05) is 33.2 Å². The Bertz CT molecular complexity index is 724. The first kappa shape index (κ1) is 20.3. The highest BCUT2D eigenvalue weighted by Crippen LogP contribution is 2.12. The number of carbonyl (C=O) groups is 2. The van der Waals surface area contributed by atoms with Crippen molar-refractivity contribution in [2.45, 2.75) is 12.5 Å². The maximum atomic E-state index is 12.3. The van der Waals surface area contributed by atoms with Gasteiger partial charge in [-0.05, 0) is 12.0 Å².